The summed E-state index contributed by atoms with van der Waals surface area (Å²) in [5.74, 6) is -0.339. The molecule has 1 heterocycles. The maximum Gasteiger partial charge on any atom is 0.150 e. The van der Waals surface area contributed by atoms with E-state index in [-0.39, 0.29) is 10.8 Å². The second kappa shape index (κ2) is 6.32. The molecule has 0 aliphatic carbocycles. The molecule has 18 heavy (non-hydrogen) atoms. The first-order valence-corrected chi connectivity index (χ1v) is 7.15. The third-order valence-corrected chi connectivity index (χ3v) is 4.02. The highest BCUT2D eigenvalue weighted by molar-refractivity contribution is 7.15. The van der Waals surface area contributed by atoms with Gasteiger partial charge in [-0.3, -0.25) is 0 Å². The van der Waals surface area contributed by atoms with Crippen LogP contribution in [-0.4, -0.2) is 6.54 Å². The summed E-state index contributed by atoms with van der Waals surface area (Å²) in [5, 5.41) is 3.51. The quantitative estimate of drug-likeness (QED) is 0.784. The van der Waals surface area contributed by atoms with Gasteiger partial charge in [-0.2, -0.15) is 0 Å². The van der Waals surface area contributed by atoms with Gasteiger partial charge in [0.05, 0.1) is 5.02 Å². The van der Waals surface area contributed by atoms with Gasteiger partial charge in [0.2, 0.25) is 0 Å². The van der Waals surface area contributed by atoms with E-state index in [0.29, 0.717) is 5.56 Å². The van der Waals surface area contributed by atoms with Gasteiger partial charge in [-0.1, -0.05) is 30.7 Å². The van der Waals surface area contributed by atoms with Crippen LogP contribution < -0.4 is 5.32 Å². The number of hydrogen-bond acceptors (Lipinski definition) is 2. The highest BCUT2D eigenvalue weighted by Gasteiger charge is 2.10. The largest absolute Gasteiger partial charge is 0.312 e. The fourth-order valence-electron chi connectivity index (χ4n) is 1.70. The Morgan fingerprint density at radius 3 is 2.89 bits per heavy atom. The van der Waals surface area contributed by atoms with Gasteiger partial charge in [-0.25, -0.2) is 4.39 Å². The molecule has 0 aliphatic rings. The monoisotopic (exact) mass is 283 g/mol. The second-order valence-electron chi connectivity index (χ2n) is 4.04. The molecule has 0 saturated heterocycles. The minimum absolute atomic E-state index is 0.173. The number of halogens is 2. The molecule has 1 aromatic heterocycles. The second-order valence-corrected chi connectivity index (χ2v) is 5.62. The average molecular weight is 284 g/mol. The van der Waals surface area contributed by atoms with Crippen LogP contribution in [0, 0.1) is 5.82 Å². The molecule has 1 aromatic carbocycles. The number of rotatable bonds is 5. The van der Waals surface area contributed by atoms with E-state index in [4.69, 9.17) is 11.6 Å². The summed E-state index contributed by atoms with van der Waals surface area (Å²) in [6.45, 7) is 3.97. The van der Waals surface area contributed by atoms with Crippen LogP contribution >= 0.6 is 22.9 Å². The van der Waals surface area contributed by atoms with Gasteiger partial charge in [0.1, 0.15) is 5.82 Å². The van der Waals surface area contributed by atoms with Gasteiger partial charge in [0.15, 0.2) is 0 Å². The summed E-state index contributed by atoms with van der Waals surface area (Å²) < 4.78 is 13.9. The Morgan fingerprint density at radius 2 is 2.11 bits per heavy atom. The molecular weight excluding hydrogens is 269 g/mol. The van der Waals surface area contributed by atoms with Crippen molar-refractivity contribution in [2.75, 3.05) is 6.54 Å². The van der Waals surface area contributed by atoms with Crippen LogP contribution in [0.15, 0.2) is 30.3 Å². The molecule has 2 rings (SSSR count). The van der Waals surface area contributed by atoms with Crippen LogP contribution in [0.5, 0.6) is 0 Å². The molecule has 0 atom stereocenters. The molecule has 0 fully saturated rings. The van der Waals surface area contributed by atoms with Crippen LogP contribution in [0.1, 0.15) is 18.2 Å². The highest BCUT2D eigenvalue weighted by atomic mass is 35.5. The van der Waals surface area contributed by atoms with Gasteiger partial charge >= 0.3 is 0 Å². The van der Waals surface area contributed by atoms with E-state index >= 15 is 0 Å². The lowest BCUT2D eigenvalue weighted by Crippen LogP contribution is -2.12. The summed E-state index contributed by atoms with van der Waals surface area (Å²) in [6.07, 6.45) is 1.11. The molecule has 0 radical (unpaired) electrons. The molecular formula is C14H15ClFNS. The number of nitrogens with one attached hydrogen (secondary N) is 1. The van der Waals surface area contributed by atoms with Crippen molar-refractivity contribution in [3.05, 3.63) is 46.0 Å². The van der Waals surface area contributed by atoms with Gasteiger partial charge in [-0.05, 0) is 31.2 Å². The van der Waals surface area contributed by atoms with Crippen LogP contribution in [0.25, 0.3) is 10.4 Å². The number of thiophene rings is 1. The van der Waals surface area contributed by atoms with E-state index in [0.717, 1.165) is 24.4 Å². The topological polar surface area (TPSA) is 12.0 Å². The van der Waals surface area contributed by atoms with Gasteiger partial charge in [-0.15, -0.1) is 11.3 Å². The molecule has 4 heteroatoms. The summed E-state index contributed by atoms with van der Waals surface area (Å²) in [5.41, 5.74) is 0.578. The molecule has 96 valence electrons. The average Bonchev–Trinajstić information content (AvgIpc) is 2.82. The first kappa shape index (κ1) is 13.5. The van der Waals surface area contributed by atoms with Crippen molar-refractivity contribution in [1.29, 1.82) is 0 Å². The Labute approximate surface area is 116 Å². The number of benzene rings is 1. The van der Waals surface area contributed by atoms with E-state index in [1.807, 2.05) is 12.1 Å². The summed E-state index contributed by atoms with van der Waals surface area (Å²) in [4.78, 5) is 2.13. The zero-order valence-corrected chi connectivity index (χ0v) is 11.7. The van der Waals surface area contributed by atoms with Crippen molar-refractivity contribution in [2.45, 2.75) is 19.9 Å². The van der Waals surface area contributed by atoms with E-state index in [1.54, 1.807) is 29.5 Å². The van der Waals surface area contributed by atoms with Crippen molar-refractivity contribution in [2.24, 2.45) is 0 Å². The Kier molecular flexibility index (Phi) is 4.75. The van der Waals surface area contributed by atoms with Crippen LogP contribution in [0.2, 0.25) is 5.02 Å². The Hall–Kier alpha value is -0.900. The Balaban J connectivity index is 2.16. The summed E-state index contributed by atoms with van der Waals surface area (Å²) >= 11 is 7.39. The Morgan fingerprint density at radius 1 is 1.28 bits per heavy atom. The normalized spacial score (nSPS) is 10.8. The van der Waals surface area contributed by atoms with E-state index in [2.05, 4.69) is 12.2 Å². The zero-order chi connectivity index (χ0) is 13.0. The molecule has 0 unspecified atom stereocenters. The molecule has 0 aliphatic heterocycles. The van der Waals surface area contributed by atoms with Crippen LogP contribution in [0.3, 0.4) is 0 Å². The van der Waals surface area contributed by atoms with Crippen molar-refractivity contribution >= 4 is 22.9 Å². The molecule has 1 nitrogen and oxygen atoms in total. The fraction of sp³-hybridized carbons (Fsp3) is 0.286. The zero-order valence-electron chi connectivity index (χ0n) is 10.2. The SMILES string of the molecule is CCCNCc1ccc(-c2cccc(Cl)c2F)s1. The lowest BCUT2D eigenvalue weighted by atomic mass is 10.2. The van der Waals surface area contributed by atoms with E-state index in [1.165, 1.54) is 4.88 Å². The first-order valence-electron chi connectivity index (χ1n) is 5.96. The molecule has 1 N–H and O–H groups in total. The molecule has 0 bridgehead atoms. The predicted molar refractivity (Wildman–Crippen MR) is 76.7 cm³/mol. The van der Waals surface area contributed by atoms with Crippen molar-refractivity contribution in [3.63, 3.8) is 0 Å². The third-order valence-electron chi connectivity index (χ3n) is 2.60. The molecule has 0 saturated carbocycles. The maximum atomic E-state index is 13.9. The summed E-state index contributed by atoms with van der Waals surface area (Å²) in [6, 6.07) is 9.08. The van der Waals surface area contributed by atoms with Crippen molar-refractivity contribution in [3.8, 4) is 10.4 Å². The first-order chi connectivity index (χ1) is 8.72. The Bertz CT molecular complexity index is 524. The standard InChI is InChI=1S/C14H15ClFNS/c1-2-8-17-9-10-6-7-13(18-10)11-4-3-5-12(15)14(11)16/h3-7,17H,2,8-9H2,1H3. The van der Waals surface area contributed by atoms with Gasteiger partial charge < -0.3 is 5.32 Å². The predicted octanol–water partition coefficient (Wildman–Crippen LogP) is 4.71. The fourth-order valence-corrected chi connectivity index (χ4v) is 2.87. The van der Waals surface area contributed by atoms with Crippen molar-refractivity contribution < 1.29 is 4.39 Å². The molecule has 0 spiro atoms. The van der Waals surface area contributed by atoms with Gasteiger partial charge in [0, 0.05) is 21.9 Å². The van der Waals surface area contributed by atoms with E-state index < -0.39 is 0 Å². The minimum atomic E-state index is -0.339. The number of hydrogen-bond donors (Lipinski definition) is 1. The maximum absolute atomic E-state index is 13.9. The van der Waals surface area contributed by atoms with Crippen molar-refractivity contribution in [1.82, 2.24) is 5.32 Å². The molecule has 0 amide bonds. The minimum Gasteiger partial charge on any atom is -0.312 e. The third kappa shape index (κ3) is 3.10. The smallest absolute Gasteiger partial charge is 0.150 e. The lowest BCUT2D eigenvalue weighted by molar-refractivity contribution is 0.632. The highest BCUT2D eigenvalue weighted by Crippen LogP contribution is 2.32. The van der Waals surface area contributed by atoms with E-state index in [9.17, 15) is 4.39 Å². The molecule has 2 aromatic rings. The van der Waals surface area contributed by atoms with Gasteiger partial charge in [0.25, 0.3) is 0 Å². The summed E-state index contributed by atoms with van der Waals surface area (Å²) in [7, 11) is 0. The lowest BCUT2D eigenvalue weighted by Gasteiger charge is -2.02. The van der Waals surface area contributed by atoms with Crippen LogP contribution in [-0.2, 0) is 6.54 Å². The van der Waals surface area contributed by atoms with Crippen LogP contribution in [0.4, 0.5) is 4.39 Å².